The van der Waals surface area contributed by atoms with Crippen molar-refractivity contribution in [2.75, 3.05) is 4.90 Å². The van der Waals surface area contributed by atoms with E-state index in [1.807, 2.05) is 6.07 Å². The summed E-state index contributed by atoms with van der Waals surface area (Å²) in [5.74, 6) is 0.601. The number of anilines is 3. The minimum absolute atomic E-state index is 0.373. The topological polar surface area (TPSA) is 42.2 Å². The Bertz CT molecular complexity index is 3450. The zero-order valence-corrected chi connectivity index (χ0v) is 31.5. The van der Waals surface area contributed by atoms with Crippen LogP contribution in [0.2, 0.25) is 0 Å². The summed E-state index contributed by atoms with van der Waals surface area (Å²) in [6.45, 7) is 4.68. The van der Waals surface area contributed by atoms with Crippen molar-refractivity contribution in [2.45, 2.75) is 19.3 Å². The number of para-hydroxylation sites is 2. The third-order valence-corrected chi connectivity index (χ3v) is 12.2. The Morgan fingerprint density at radius 1 is 0.474 bits per heavy atom. The average Bonchev–Trinajstić information content (AvgIpc) is 3.67. The Morgan fingerprint density at radius 3 is 1.84 bits per heavy atom. The molecule has 2 aromatic heterocycles. The highest BCUT2D eigenvalue weighted by molar-refractivity contribution is 6.28. The van der Waals surface area contributed by atoms with E-state index in [1.165, 1.54) is 32.7 Å². The van der Waals surface area contributed by atoms with Crippen LogP contribution < -0.4 is 4.90 Å². The van der Waals surface area contributed by atoms with Crippen molar-refractivity contribution < 1.29 is 4.42 Å². The van der Waals surface area contributed by atoms with Gasteiger partial charge in [0.25, 0.3) is 0 Å². The fraction of sp³-hybridized carbons (Fsp3) is 0.0566. The number of furan rings is 1. The molecule has 0 bridgehead atoms. The first-order valence-corrected chi connectivity index (χ1v) is 19.6. The predicted octanol–water partition coefficient (Wildman–Crippen LogP) is 14.4. The van der Waals surface area contributed by atoms with Crippen LogP contribution in [0.5, 0.6) is 0 Å². The molecule has 4 heteroatoms. The molecule has 4 nitrogen and oxygen atoms in total. The van der Waals surface area contributed by atoms with E-state index in [4.69, 9.17) is 14.4 Å². The predicted molar refractivity (Wildman–Crippen MR) is 237 cm³/mol. The smallest absolute Gasteiger partial charge is 0.235 e. The minimum Gasteiger partial charge on any atom is -0.454 e. The lowest BCUT2D eigenvalue weighted by Crippen LogP contribution is -2.32. The maximum Gasteiger partial charge on any atom is 0.235 e. The van der Waals surface area contributed by atoms with Gasteiger partial charge in [-0.05, 0) is 67.4 Å². The number of rotatable bonds is 3. The second-order valence-corrected chi connectivity index (χ2v) is 15.7. The number of benzene rings is 9. The molecule has 57 heavy (non-hydrogen) atoms. The van der Waals surface area contributed by atoms with Gasteiger partial charge in [-0.1, -0.05) is 172 Å². The van der Waals surface area contributed by atoms with Crippen molar-refractivity contribution in [3.05, 3.63) is 187 Å². The average molecular weight is 730 g/mol. The molecular weight excluding hydrogens is 695 g/mol. The zero-order chi connectivity index (χ0) is 37.8. The number of nitrogens with zero attached hydrogens (tertiary/aromatic N) is 3. The van der Waals surface area contributed by atoms with Gasteiger partial charge in [-0.2, -0.15) is 0 Å². The summed E-state index contributed by atoms with van der Waals surface area (Å²) in [4.78, 5) is 13.7. The molecule has 1 aliphatic rings. The highest BCUT2D eigenvalue weighted by atomic mass is 16.3. The van der Waals surface area contributed by atoms with Crippen LogP contribution in [0.25, 0.3) is 87.5 Å². The number of hydrogen-bond acceptors (Lipinski definition) is 4. The lowest BCUT2D eigenvalue weighted by atomic mass is 9.71. The van der Waals surface area contributed by atoms with Crippen LogP contribution in [-0.4, -0.2) is 9.97 Å². The Balaban J connectivity index is 1.27. The van der Waals surface area contributed by atoms with E-state index in [1.54, 1.807) is 0 Å². The van der Waals surface area contributed by atoms with Gasteiger partial charge in [0.15, 0.2) is 5.58 Å². The molecule has 0 amide bonds. The van der Waals surface area contributed by atoms with Crippen LogP contribution in [0.1, 0.15) is 25.0 Å². The molecule has 0 atom stereocenters. The Labute approximate surface area is 329 Å². The van der Waals surface area contributed by atoms with E-state index in [9.17, 15) is 0 Å². The lowest BCUT2D eigenvalue weighted by molar-refractivity contribution is 0.628. The summed E-state index contributed by atoms with van der Waals surface area (Å²) in [5, 5.41) is 10.2. The molecule has 12 rings (SSSR count). The van der Waals surface area contributed by atoms with Gasteiger partial charge >= 0.3 is 0 Å². The van der Waals surface area contributed by atoms with Crippen LogP contribution in [0.4, 0.5) is 17.3 Å². The first kappa shape index (κ1) is 32.0. The maximum absolute atomic E-state index is 7.02. The summed E-state index contributed by atoms with van der Waals surface area (Å²) in [5.41, 5.74) is 10.9. The van der Waals surface area contributed by atoms with E-state index < -0.39 is 0 Å². The Kier molecular flexibility index (Phi) is 6.65. The van der Waals surface area contributed by atoms with Crippen LogP contribution >= 0.6 is 0 Å². The van der Waals surface area contributed by atoms with Gasteiger partial charge in [0.2, 0.25) is 5.95 Å². The lowest BCUT2D eigenvalue weighted by Gasteiger charge is -2.41. The van der Waals surface area contributed by atoms with Gasteiger partial charge in [-0.15, -0.1) is 0 Å². The molecule has 1 aliphatic heterocycles. The molecule has 11 aromatic rings. The molecule has 0 saturated heterocycles. The normalized spacial score (nSPS) is 13.5. The quantitative estimate of drug-likeness (QED) is 0.170. The molecule has 9 aromatic carbocycles. The third kappa shape index (κ3) is 4.50. The first-order valence-electron chi connectivity index (χ1n) is 19.6. The monoisotopic (exact) mass is 729 g/mol. The molecule has 268 valence electrons. The molecular formula is C53H35N3O. The van der Waals surface area contributed by atoms with E-state index in [0.717, 1.165) is 77.4 Å². The number of fused-ring (bicyclic) bond motifs is 15. The Morgan fingerprint density at radius 2 is 1.05 bits per heavy atom. The van der Waals surface area contributed by atoms with E-state index in [2.05, 4.69) is 189 Å². The zero-order valence-electron chi connectivity index (χ0n) is 31.5. The fourth-order valence-corrected chi connectivity index (χ4v) is 9.69. The van der Waals surface area contributed by atoms with Crippen molar-refractivity contribution in [2.24, 2.45) is 0 Å². The standard InChI is InChI=1S/C53H35N3O/c1-53(2)42-28-13-14-29-43(42)56(50-47(53)39-25-10-9-24-38(39)45-41-27-12-15-30-44(41)57-51(45)50)52-54-48(34-20-16-19-33(31-34)32-17-4-3-5-18-32)46-37-23-8-6-21-35(37)36-22-7-11-26-40(36)49(46)55-52/h3-31H,1-2H3. The van der Waals surface area contributed by atoms with Crippen molar-refractivity contribution in [1.29, 1.82) is 0 Å². The van der Waals surface area contributed by atoms with Crippen molar-refractivity contribution in [3.63, 3.8) is 0 Å². The largest absolute Gasteiger partial charge is 0.454 e. The van der Waals surface area contributed by atoms with Gasteiger partial charge in [0.05, 0.1) is 22.6 Å². The van der Waals surface area contributed by atoms with Crippen molar-refractivity contribution >= 4 is 82.5 Å². The molecule has 0 spiro atoms. The van der Waals surface area contributed by atoms with E-state index in [0.29, 0.717) is 5.95 Å². The molecule has 0 radical (unpaired) electrons. The molecule has 0 N–H and O–H groups in total. The number of aromatic nitrogens is 2. The van der Waals surface area contributed by atoms with Crippen molar-refractivity contribution in [3.8, 4) is 22.4 Å². The molecule has 0 fully saturated rings. The van der Waals surface area contributed by atoms with Gasteiger partial charge in [-0.3, -0.25) is 4.90 Å². The second kappa shape index (κ2) is 11.8. The molecule has 0 saturated carbocycles. The van der Waals surface area contributed by atoms with Crippen LogP contribution in [0.3, 0.4) is 0 Å². The van der Waals surface area contributed by atoms with Gasteiger partial charge in [-0.25, -0.2) is 9.97 Å². The summed E-state index contributed by atoms with van der Waals surface area (Å²) in [6.07, 6.45) is 0. The Hall–Kier alpha value is -7.30. The SMILES string of the molecule is CC1(C)c2ccccc2N(c2nc(-c3cccc(-c4ccccc4)c3)c3c4ccccc4c4ccccc4c3n2)c2c1c1ccccc1c1c2oc2ccccc21. The van der Waals surface area contributed by atoms with Gasteiger partial charge in [0, 0.05) is 32.5 Å². The maximum atomic E-state index is 7.02. The number of hydrogen-bond donors (Lipinski definition) is 0. The molecule has 0 unspecified atom stereocenters. The highest BCUT2D eigenvalue weighted by Gasteiger charge is 2.42. The summed E-state index contributed by atoms with van der Waals surface area (Å²) < 4.78 is 7.02. The van der Waals surface area contributed by atoms with Crippen LogP contribution in [0, 0.1) is 0 Å². The summed E-state index contributed by atoms with van der Waals surface area (Å²) in [7, 11) is 0. The van der Waals surface area contributed by atoms with Crippen molar-refractivity contribution in [1.82, 2.24) is 9.97 Å². The van der Waals surface area contributed by atoms with Gasteiger partial charge < -0.3 is 4.42 Å². The van der Waals surface area contributed by atoms with E-state index in [-0.39, 0.29) is 5.41 Å². The summed E-state index contributed by atoms with van der Waals surface area (Å²) in [6, 6.07) is 62.6. The minimum atomic E-state index is -0.373. The highest BCUT2D eigenvalue weighted by Crippen LogP contribution is 2.58. The van der Waals surface area contributed by atoms with Gasteiger partial charge in [0.1, 0.15) is 5.58 Å². The molecule has 0 aliphatic carbocycles. The first-order chi connectivity index (χ1) is 28.1. The fourth-order valence-electron chi connectivity index (χ4n) is 9.69. The van der Waals surface area contributed by atoms with Crippen LogP contribution in [0.15, 0.2) is 180 Å². The second-order valence-electron chi connectivity index (χ2n) is 15.7. The summed E-state index contributed by atoms with van der Waals surface area (Å²) >= 11 is 0. The third-order valence-electron chi connectivity index (χ3n) is 12.2. The van der Waals surface area contributed by atoms with E-state index >= 15 is 0 Å². The molecule has 3 heterocycles. The van der Waals surface area contributed by atoms with Crippen LogP contribution in [-0.2, 0) is 5.41 Å².